The van der Waals surface area contributed by atoms with Crippen molar-refractivity contribution in [2.45, 2.75) is 23.8 Å². The second-order valence-electron chi connectivity index (χ2n) is 6.59. The van der Waals surface area contributed by atoms with Crippen molar-refractivity contribution in [1.29, 1.82) is 0 Å². The van der Waals surface area contributed by atoms with Gasteiger partial charge in [-0.15, -0.1) is 0 Å². The number of hydrogen-bond donors (Lipinski definition) is 0. The van der Waals surface area contributed by atoms with Gasteiger partial charge in [0.15, 0.2) is 22.1 Å². The van der Waals surface area contributed by atoms with E-state index in [4.69, 9.17) is 4.42 Å². The monoisotopic (exact) mass is 383 g/mol. The molecule has 0 aliphatic carbocycles. The van der Waals surface area contributed by atoms with Crippen LogP contribution in [0.3, 0.4) is 0 Å². The number of sulfonamides is 1. The molecule has 8 nitrogen and oxygen atoms in total. The minimum absolute atomic E-state index is 0.0958. The Bertz CT molecular complexity index is 1190. The van der Waals surface area contributed by atoms with Crippen LogP contribution < -0.4 is 0 Å². The number of para-hydroxylation sites is 2. The molecule has 1 fully saturated rings. The van der Waals surface area contributed by atoms with E-state index >= 15 is 0 Å². The van der Waals surface area contributed by atoms with E-state index in [0.29, 0.717) is 37.5 Å². The van der Waals surface area contributed by atoms with Crippen LogP contribution >= 0.6 is 0 Å². The maximum Gasteiger partial charge on any atom is 0.262 e. The molecular weight excluding hydrogens is 366 g/mol. The van der Waals surface area contributed by atoms with Gasteiger partial charge in [0.2, 0.25) is 0 Å². The van der Waals surface area contributed by atoms with Crippen molar-refractivity contribution in [3.63, 3.8) is 0 Å². The Labute approximate surface area is 155 Å². The second kappa shape index (κ2) is 6.14. The number of nitrogens with zero attached hydrogens (tertiary/aromatic N) is 5. The van der Waals surface area contributed by atoms with Crippen molar-refractivity contribution >= 4 is 26.8 Å². The summed E-state index contributed by atoms with van der Waals surface area (Å²) in [5.74, 6) is 0.800. The molecule has 0 atom stereocenters. The summed E-state index contributed by atoms with van der Waals surface area (Å²) in [7, 11) is -3.66. The number of fused-ring (bicyclic) bond motifs is 2. The van der Waals surface area contributed by atoms with E-state index in [2.05, 4.69) is 15.1 Å². The van der Waals surface area contributed by atoms with E-state index < -0.39 is 10.0 Å². The molecule has 0 radical (unpaired) electrons. The summed E-state index contributed by atoms with van der Waals surface area (Å²) in [4.78, 5) is 8.69. The Morgan fingerprint density at radius 3 is 2.70 bits per heavy atom. The lowest BCUT2D eigenvalue weighted by molar-refractivity contribution is 0.292. The summed E-state index contributed by atoms with van der Waals surface area (Å²) < 4.78 is 34.8. The van der Waals surface area contributed by atoms with Crippen LogP contribution in [0.5, 0.6) is 0 Å². The van der Waals surface area contributed by atoms with Gasteiger partial charge in [0.1, 0.15) is 5.52 Å². The lowest BCUT2D eigenvalue weighted by Gasteiger charge is -2.29. The minimum Gasteiger partial charge on any atom is -0.440 e. The molecule has 1 aliphatic heterocycles. The molecule has 0 saturated carbocycles. The van der Waals surface area contributed by atoms with E-state index in [9.17, 15) is 8.42 Å². The molecule has 0 unspecified atom stereocenters. The first-order valence-corrected chi connectivity index (χ1v) is 10.2. The number of hydrogen-bond acceptors (Lipinski definition) is 6. The van der Waals surface area contributed by atoms with E-state index in [1.165, 1.54) is 15.0 Å². The third kappa shape index (κ3) is 2.70. The maximum atomic E-state index is 13.0. The number of oxazole rings is 1. The highest BCUT2D eigenvalue weighted by Crippen LogP contribution is 2.32. The molecule has 0 N–H and O–H groups in total. The molecule has 3 aromatic heterocycles. The quantitative estimate of drug-likeness (QED) is 0.539. The van der Waals surface area contributed by atoms with Gasteiger partial charge >= 0.3 is 0 Å². The molecule has 1 aliphatic rings. The summed E-state index contributed by atoms with van der Waals surface area (Å²) in [5, 5.41) is 4.21. The summed E-state index contributed by atoms with van der Waals surface area (Å²) in [6, 6.07) is 11.1. The van der Waals surface area contributed by atoms with Crippen molar-refractivity contribution in [3.8, 4) is 0 Å². The Morgan fingerprint density at radius 1 is 1.07 bits per heavy atom. The smallest absolute Gasteiger partial charge is 0.262 e. The van der Waals surface area contributed by atoms with Crippen molar-refractivity contribution in [2.24, 2.45) is 0 Å². The van der Waals surface area contributed by atoms with Gasteiger partial charge in [-0.3, -0.25) is 0 Å². The van der Waals surface area contributed by atoms with E-state index in [1.807, 2.05) is 24.3 Å². The number of benzene rings is 1. The second-order valence-corrected chi connectivity index (χ2v) is 8.47. The Balaban J connectivity index is 1.38. The summed E-state index contributed by atoms with van der Waals surface area (Å²) in [5.41, 5.74) is 2.11. The number of rotatable bonds is 3. The van der Waals surface area contributed by atoms with Gasteiger partial charge in [-0.05, 0) is 37.1 Å². The third-order valence-electron chi connectivity index (χ3n) is 4.96. The number of imidazole rings is 1. The van der Waals surface area contributed by atoms with Gasteiger partial charge in [0.25, 0.3) is 10.0 Å². The molecule has 9 heteroatoms. The third-order valence-corrected chi connectivity index (χ3v) is 6.82. The van der Waals surface area contributed by atoms with Crippen LogP contribution in [-0.2, 0) is 10.0 Å². The van der Waals surface area contributed by atoms with Crippen LogP contribution in [0.1, 0.15) is 24.7 Å². The lowest BCUT2D eigenvalue weighted by Crippen LogP contribution is -2.38. The normalized spacial score (nSPS) is 17.0. The fourth-order valence-corrected chi connectivity index (χ4v) is 5.02. The Kier molecular flexibility index (Phi) is 3.73. The first kappa shape index (κ1) is 16.4. The first-order valence-electron chi connectivity index (χ1n) is 8.77. The average Bonchev–Trinajstić information content (AvgIpc) is 3.32. The Morgan fingerprint density at radius 2 is 1.89 bits per heavy atom. The summed E-state index contributed by atoms with van der Waals surface area (Å²) in [6.45, 7) is 0.817. The highest BCUT2D eigenvalue weighted by Gasteiger charge is 2.33. The molecule has 4 aromatic rings. The minimum atomic E-state index is -3.66. The van der Waals surface area contributed by atoms with Crippen molar-refractivity contribution < 1.29 is 12.8 Å². The zero-order valence-corrected chi connectivity index (χ0v) is 15.2. The van der Waals surface area contributed by atoms with Crippen LogP contribution in [0.25, 0.3) is 16.7 Å². The lowest BCUT2D eigenvalue weighted by atomic mass is 9.98. The topological polar surface area (TPSA) is 93.6 Å². The molecule has 0 bridgehead atoms. The molecule has 1 saturated heterocycles. The molecule has 4 heterocycles. The van der Waals surface area contributed by atoms with Crippen molar-refractivity contribution in [2.75, 3.05) is 13.1 Å². The molecule has 5 rings (SSSR count). The zero-order valence-electron chi connectivity index (χ0n) is 14.4. The van der Waals surface area contributed by atoms with Gasteiger partial charge in [0.05, 0.1) is 6.20 Å². The molecule has 138 valence electrons. The van der Waals surface area contributed by atoms with Crippen LogP contribution in [0.15, 0.2) is 58.2 Å². The van der Waals surface area contributed by atoms with Gasteiger partial charge in [-0.1, -0.05) is 12.1 Å². The maximum absolute atomic E-state index is 13.0. The molecule has 1 aromatic carbocycles. The SMILES string of the molecule is O=S(=O)(c1cnc2cccnn12)N1CCC(c2nc3ccccc3o2)CC1. The zero-order chi connectivity index (χ0) is 18.4. The molecule has 27 heavy (non-hydrogen) atoms. The number of piperidine rings is 1. The molecule has 0 amide bonds. The van der Waals surface area contributed by atoms with E-state index in [-0.39, 0.29) is 10.9 Å². The van der Waals surface area contributed by atoms with Gasteiger partial charge in [-0.25, -0.2) is 22.9 Å². The largest absolute Gasteiger partial charge is 0.440 e. The summed E-state index contributed by atoms with van der Waals surface area (Å²) >= 11 is 0. The molecular formula is C18H17N5O3S. The predicted octanol–water partition coefficient (Wildman–Crippen LogP) is 2.44. The molecule has 0 spiro atoms. The first-order chi connectivity index (χ1) is 13.1. The van der Waals surface area contributed by atoms with Gasteiger partial charge < -0.3 is 4.42 Å². The van der Waals surface area contributed by atoms with Crippen LogP contribution in [0.4, 0.5) is 0 Å². The highest BCUT2D eigenvalue weighted by atomic mass is 32.2. The van der Waals surface area contributed by atoms with Crippen molar-refractivity contribution in [1.82, 2.24) is 23.9 Å². The highest BCUT2D eigenvalue weighted by molar-refractivity contribution is 7.89. The van der Waals surface area contributed by atoms with Gasteiger partial charge in [-0.2, -0.15) is 9.40 Å². The van der Waals surface area contributed by atoms with E-state index in [1.54, 1.807) is 18.3 Å². The van der Waals surface area contributed by atoms with Crippen LogP contribution in [0, 0.1) is 0 Å². The van der Waals surface area contributed by atoms with Crippen LogP contribution in [-0.4, -0.2) is 45.4 Å². The summed E-state index contributed by atoms with van der Waals surface area (Å²) in [6.07, 6.45) is 4.24. The Hall–Kier alpha value is -2.78. The fourth-order valence-electron chi connectivity index (χ4n) is 3.52. The standard InChI is InChI=1S/C18H17N5O3S/c24-27(25,17-12-19-16-6-3-9-20-23(16)17)22-10-7-13(8-11-22)18-21-14-4-1-2-5-15(14)26-18/h1-6,9,12-13H,7-8,10-11H2. The fraction of sp³-hybridized carbons (Fsp3) is 0.278. The van der Waals surface area contributed by atoms with Crippen molar-refractivity contribution in [3.05, 3.63) is 54.7 Å². The predicted molar refractivity (Wildman–Crippen MR) is 97.7 cm³/mol. The van der Waals surface area contributed by atoms with Crippen LogP contribution in [0.2, 0.25) is 0 Å². The van der Waals surface area contributed by atoms with E-state index in [0.717, 1.165) is 11.1 Å². The number of aromatic nitrogens is 4. The average molecular weight is 383 g/mol. The van der Waals surface area contributed by atoms with Gasteiger partial charge in [0, 0.05) is 25.2 Å².